The molecule has 20 heavy (non-hydrogen) atoms. The number of nitrogens with zero attached hydrogens (tertiary/aromatic N) is 2. The molecule has 0 bridgehead atoms. The van der Waals surface area contributed by atoms with Crippen molar-refractivity contribution in [1.29, 1.82) is 0 Å². The lowest BCUT2D eigenvalue weighted by Crippen LogP contribution is -2.47. The summed E-state index contributed by atoms with van der Waals surface area (Å²) in [5, 5.41) is 0. The van der Waals surface area contributed by atoms with Gasteiger partial charge in [-0.2, -0.15) is 0 Å². The molecule has 2 heterocycles. The Bertz CT molecular complexity index is 283. The van der Waals surface area contributed by atoms with Crippen LogP contribution in [0.4, 0.5) is 0 Å². The molecule has 3 rings (SSSR count). The van der Waals surface area contributed by atoms with Gasteiger partial charge in [0.15, 0.2) is 0 Å². The molecule has 2 saturated heterocycles. The van der Waals surface area contributed by atoms with Crippen LogP contribution >= 0.6 is 0 Å². The van der Waals surface area contributed by atoms with Gasteiger partial charge in [0.2, 0.25) is 0 Å². The molecule has 0 N–H and O–H groups in total. The first-order valence-corrected chi connectivity index (χ1v) is 9.35. The molecule has 0 aromatic rings. The first-order valence-electron chi connectivity index (χ1n) is 9.35. The van der Waals surface area contributed by atoms with E-state index in [1.54, 1.807) is 0 Å². The second-order valence-corrected chi connectivity index (χ2v) is 7.50. The highest BCUT2D eigenvalue weighted by Crippen LogP contribution is 2.32. The molecule has 3 fully saturated rings. The van der Waals surface area contributed by atoms with Crippen LogP contribution in [-0.4, -0.2) is 48.1 Å². The van der Waals surface area contributed by atoms with Gasteiger partial charge >= 0.3 is 0 Å². The van der Waals surface area contributed by atoms with Gasteiger partial charge in [-0.25, -0.2) is 0 Å². The molecule has 0 aromatic heterocycles. The third kappa shape index (κ3) is 3.57. The summed E-state index contributed by atoms with van der Waals surface area (Å²) in [7, 11) is 0. The molecule has 2 nitrogen and oxygen atoms in total. The lowest BCUT2D eigenvalue weighted by atomic mass is 9.83. The Kier molecular flexibility index (Phi) is 5.39. The van der Waals surface area contributed by atoms with Crippen LogP contribution in [0.3, 0.4) is 0 Å². The average Bonchev–Trinajstić information content (AvgIpc) is 2.70. The van der Waals surface area contributed by atoms with Crippen LogP contribution in [-0.2, 0) is 0 Å². The maximum atomic E-state index is 2.89. The van der Waals surface area contributed by atoms with E-state index in [-0.39, 0.29) is 0 Å². The molecule has 2 aliphatic heterocycles. The van der Waals surface area contributed by atoms with Crippen molar-refractivity contribution in [3.63, 3.8) is 0 Å². The Morgan fingerprint density at radius 1 is 0.750 bits per heavy atom. The highest BCUT2D eigenvalue weighted by atomic mass is 15.3. The van der Waals surface area contributed by atoms with Gasteiger partial charge in [-0.05, 0) is 70.5 Å². The Morgan fingerprint density at radius 3 is 2.30 bits per heavy atom. The Labute approximate surface area is 125 Å². The smallest absolute Gasteiger partial charge is 0.0223 e. The molecule has 0 aromatic carbocycles. The predicted octanol–water partition coefficient (Wildman–Crippen LogP) is 3.91. The Morgan fingerprint density at radius 2 is 1.50 bits per heavy atom. The second-order valence-electron chi connectivity index (χ2n) is 7.50. The highest BCUT2D eigenvalue weighted by Gasteiger charge is 2.31. The molecule has 1 unspecified atom stereocenters. The molecule has 0 spiro atoms. The van der Waals surface area contributed by atoms with E-state index in [4.69, 9.17) is 0 Å². The summed E-state index contributed by atoms with van der Waals surface area (Å²) in [5.74, 6) is 1.05. The van der Waals surface area contributed by atoms with E-state index in [2.05, 4.69) is 16.7 Å². The van der Waals surface area contributed by atoms with Gasteiger partial charge in [-0.3, -0.25) is 9.80 Å². The van der Waals surface area contributed by atoms with Gasteiger partial charge in [0.05, 0.1) is 0 Å². The summed E-state index contributed by atoms with van der Waals surface area (Å²) in [4.78, 5) is 5.68. The molecular weight excluding hydrogens is 244 g/mol. The SMILES string of the molecule is CCCC1CCC(N2CCCN3CCCCC3C2)CC1. The summed E-state index contributed by atoms with van der Waals surface area (Å²) >= 11 is 0. The van der Waals surface area contributed by atoms with Crippen LogP contribution in [0.15, 0.2) is 0 Å². The van der Waals surface area contributed by atoms with Gasteiger partial charge in [-0.1, -0.05) is 26.2 Å². The third-order valence-corrected chi connectivity index (χ3v) is 6.11. The maximum absolute atomic E-state index is 2.89. The molecule has 0 amide bonds. The molecule has 1 aliphatic carbocycles. The molecule has 1 atom stereocenters. The number of piperidine rings is 1. The fourth-order valence-corrected chi connectivity index (χ4v) is 4.94. The Hall–Kier alpha value is -0.0800. The van der Waals surface area contributed by atoms with Gasteiger partial charge in [0, 0.05) is 18.6 Å². The number of hydrogen-bond donors (Lipinski definition) is 0. The molecule has 1 saturated carbocycles. The van der Waals surface area contributed by atoms with Crippen LogP contribution in [0.5, 0.6) is 0 Å². The van der Waals surface area contributed by atoms with E-state index >= 15 is 0 Å². The van der Waals surface area contributed by atoms with Crippen LogP contribution in [0.25, 0.3) is 0 Å². The predicted molar refractivity (Wildman–Crippen MR) is 86.1 cm³/mol. The summed E-state index contributed by atoms with van der Waals surface area (Å²) in [6, 6.07) is 1.81. The zero-order chi connectivity index (χ0) is 13.8. The number of rotatable bonds is 3. The highest BCUT2D eigenvalue weighted by molar-refractivity contribution is 4.87. The van der Waals surface area contributed by atoms with Gasteiger partial charge in [0.1, 0.15) is 0 Å². The van der Waals surface area contributed by atoms with E-state index in [0.717, 1.165) is 18.0 Å². The minimum atomic E-state index is 0.889. The minimum Gasteiger partial charge on any atom is -0.299 e. The van der Waals surface area contributed by atoms with Crippen LogP contribution < -0.4 is 0 Å². The molecular formula is C18H34N2. The normalized spacial score (nSPS) is 37.4. The van der Waals surface area contributed by atoms with Crippen molar-refractivity contribution in [2.75, 3.05) is 26.2 Å². The van der Waals surface area contributed by atoms with Crippen molar-refractivity contribution < 1.29 is 0 Å². The summed E-state index contributed by atoms with van der Waals surface area (Å²) < 4.78 is 0. The van der Waals surface area contributed by atoms with Gasteiger partial charge in [-0.15, -0.1) is 0 Å². The standard InChI is InChI=1S/C18H34N2/c1-2-6-16-8-10-17(11-9-16)20-14-5-13-19-12-4-3-7-18(19)15-20/h16-18H,2-15H2,1H3. The van der Waals surface area contributed by atoms with Crippen molar-refractivity contribution >= 4 is 0 Å². The van der Waals surface area contributed by atoms with Gasteiger partial charge < -0.3 is 0 Å². The largest absolute Gasteiger partial charge is 0.299 e. The lowest BCUT2D eigenvalue weighted by molar-refractivity contribution is 0.0966. The van der Waals surface area contributed by atoms with Crippen molar-refractivity contribution in [3.8, 4) is 0 Å². The topological polar surface area (TPSA) is 6.48 Å². The summed E-state index contributed by atoms with van der Waals surface area (Å²) in [5.41, 5.74) is 0. The molecule has 2 heteroatoms. The fraction of sp³-hybridized carbons (Fsp3) is 1.00. The maximum Gasteiger partial charge on any atom is 0.0223 e. The fourth-order valence-electron chi connectivity index (χ4n) is 4.94. The summed E-state index contributed by atoms with van der Waals surface area (Å²) in [6.45, 7) is 7.84. The first kappa shape index (κ1) is 14.8. The van der Waals surface area contributed by atoms with Gasteiger partial charge in [0.25, 0.3) is 0 Å². The molecule has 0 radical (unpaired) electrons. The minimum absolute atomic E-state index is 0.889. The number of hydrogen-bond acceptors (Lipinski definition) is 2. The van der Waals surface area contributed by atoms with Crippen LogP contribution in [0, 0.1) is 5.92 Å². The second kappa shape index (κ2) is 7.26. The van der Waals surface area contributed by atoms with Crippen LogP contribution in [0.1, 0.15) is 71.1 Å². The van der Waals surface area contributed by atoms with E-state index < -0.39 is 0 Å². The zero-order valence-corrected chi connectivity index (χ0v) is 13.5. The van der Waals surface area contributed by atoms with Crippen molar-refractivity contribution in [1.82, 2.24) is 9.80 Å². The first-order chi connectivity index (χ1) is 9.86. The van der Waals surface area contributed by atoms with Crippen molar-refractivity contribution in [3.05, 3.63) is 0 Å². The van der Waals surface area contributed by atoms with E-state index in [0.29, 0.717) is 0 Å². The van der Waals surface area contributed by atoms with Crippen molar-refractivity contribution in [2.24, 2.45) is 5.92 Å². The summed E-state index contributed by atoms with van der Waals surface area (Å²) in [6.07, 6.45) is 14.6. The lowest BCUT2D eigenvalue weighted by Gasteiger charge is -2.40. The zero-order valence-electron chi connectivity index (χ0n) is 13.5. The third-order valence-electron chi connectivity index (χ3n) is 6.11. The monoisotopic (exact) mass is 278 g/mol. The Balaban J connectivity index is 1.52. The van der Waals surface area contributed by atoms with E-state index in [1.807, 2.05) is 0 Å². The van der Waals surface area contributed by atoms with E-state index in [9.17, 15) is 0 Å². The quantitative estimate of drug-likeness (QED) is 0.772. The average molecular weight is 278 g/mol. The molecule has 3 aliphatic rings. The van der Waals surface area contributed by atoms with Crippen LogP contribution in [0.2, 0.25) is 0 Å². The van der Waals surface area contributed by atoms with E-state index in [1.165, 1.54) is 90.4 Å². The number of fused-ring (bicyclic) bond motifs is 1. The molecule has 116 valence electrons. The van der Waals surface area contributed by atoms with Crippen molar-refractivity contribution in [2.45, 2.75) is 83.2 Å².